The second-order valence-electron chi connectivity index (χ2n) is 9.54. The molecule has 0 bridgehead atoms. The van der Waals surface area contributed by atoms with E-state index in [-0.39, 0.29) is 35.5 Å². The summed E-state index contributed by atoms with van der Waals surface area (Å²) in [4.78, 5) is 29.2. The molecule has 1 aromatic heterocycles. The molecule has 1 aromatic carbocycles. The standard InChI is InChI=1S/C24H31BrN2O3/c1-23(2,3)18-14-19(25)16(13-21(18)30-7)12-17(28)10-15-8-9-26-20(11-15)22(29)27-24(4,5)6/h8-9,11,13-14H,10,12H2,1-7H3,(H,27,29). The summed E-state index contributed by atoms with van der Waals surface area (Å²) in [5.41, 5.74) is 2.62. The van der Waals surface area contributed by atoms with Crippen molar-refractivity contribution in [2.45, 2.75) is 65.3 Å². The smallest absolute Gasteiger partial charge is 0.270 e. The van der Waals surface area contributed by atoms with Gasteiger partial charge in [0.15, 0.2) is 0 Å². The number of carbonyl (C=O) groups excluding carboxylic acids is 2. The molecule has 1 N–H and O–H groups in total. The summed E-state index contributed by atoms with van der Waals surface area (Å²) in [6, 6.07) is 7.40. The summed E-state index contributed by atoms with van der Waals surface area (Å²) in [6.07, 6.45) is 2.07. The molecule has 2 rings (SSSR count). The van der Waals surface area contributed by atoms with Crippen molar-refractivity contribution in [3.05, 3.63) is 57.3 Å². The topological polar surface area (TPSA) is 68.3 Å². The first-order valence-electron chi connectivity index (χ1n) is 9.96. The van der Waals surface area contributed by atoms with Crippen LogP contribution in [0.4, 0.5) is 0 Å². The molecular weight excluding hydrogens is 444 g/mol. The van der Waals surface area contributed by atoms with E-state index in [1.807, 2.05) is 32.9 Å². The number of carbonyl (C=O) groups is 2. The molecule has 0 radical (unpaired) electrons. The minimum absolute atomic E-state index is 0.0506. The molecule has 0 saturated heterocycles. The summed E-state index contributed by atoms with van der Waals surface area (Å²) in [5, 5.41) is 2.89. The molecule has 0 unspecified atom stereocenters. The highest BCUT2D eigenvalue weighted by atomic mass is 79.9. The monoisotopic (exact) mass is 474 g/mol. The normalized spacial score (nSPS) is 11.9. The van der Waals surface area contributed by atoms with Crippen LogP contribution >= 0.6 is 15.9 Å². The maximum atomic E-state index is 12.7. The number of halogens is 1. The van der Waals surface area contributed by atoms with Gasteiger partial charge in [-0.15, -0.1) is 0 Å². The Labute approximate surface area is 187 Å². The Hall–Kier alpha value is -2.21. The van der Waals surface area contributed by atoms with Gasteiger partial charge < -0.3 is 10.1 Å². The molecule has 162 valence electrons. The Morgan fingerprint density at radius 1 is 1.07 bits per heavy atom. The van der Waals surface area contributed by atoms with Gasteiger partial charge in [-0.2, -0.15) is 0 Å². The van der Waals surface area contributed by atoms with Crippen molar-refractivity contribution >= 4 is 27.6 Å². The Morgan fingerprint density at radius 3 is 2.30 bits per heavy atom. The molecule has 0 fully saturated rings. The number of ketones is 1. The van der Waals surface area contributed by atoms with Gasteiger partial charge in [-0.3, -0.25) is 14.6 Å². The maximum Gasteiger partial charge on any atom is 0.270 e. The first-order valence-corrected chi connectivity index (χ1v) is 10.8. The van der Waals surface area contributed by atoms with E-state index in [4.69, 9.17) is 4.74 Å². The number of benzene rings is 1. The Bertz CT molecular complexity index is 940. The van der Waals surface area contributed by atoms with Crippen molar-refractivity contribution < 1.29 is 14.3 Å². The van der Waals surface area contributed by atoms with Gasteiger partial charge >= 0.3 is 0 Å². The van der Waals surface area contributed by atoms with Crippen molar-refractivity contribution in [3.63, 3.8) is 0 Å². The lowest BCUT2D eigenvalue weighted by Crippen LogP contribution is -2.40. The summed E-state index contributed by atoms with van der Waals surface area (Å²) < 4.78 is 6.45. The summed E-state index contributed by atoms with van der Waals surface area (Å²) >= 11 is 3.60. The number of hydrogen-bond donors (Lipinski definition) is 1. The van der Waals surface area contributed by atoms with Gasteiger partial charge in [-0.25, -0.2) is 0 Å². The van der Waals surface area contributed by atoms with Crippen LogP contribution in [0.5, 0.6) is 5.75 Å². The summed E-state index contributed by atoms with van der Waals surface area (Å²) in [6.45, 7) is 12.1. The quantitative estimate of drug-likeness (QED) is 0.636. The number of Topliss-reactive ketones (excluding diaryl/α,β-unsaturated/α-hetero) is 1. The van der Waals surface area contributed by atoms with Gasteiger partial charge in [0.1, 0.15) is 17.2 Å². The summed E-state index contributed by atoms with van der Waals surface area (Å²) in [5.74, 6) is 0.579. The van der Waals surface area contributed by atoms with Crippen LogP contribution < -0.4 is 10.1 Å². The lowest BCUT2D eigenvalue weighted by molar-refractivity contribution is -0.117. The Balaban J connectivity index is 2.17. The van der Waals surface area contributed by atoms with Gasteiger partial charge in [-0.1, -0.05) is 36.7 Å². The van der Waals surface area contributed by atoms with Crippen LogP contribution in [-0.4, -0.2) is 29.3 Å². The average molecular weight is 475 g/mol. The predicted octanol–water partition coefficient (Wildman–Crippen LogP) is 5.03. The SMILES string of the molecule is COc1cc(CC(=O)Cc2ccnc(C(=O)NC(C)(C)C)c2)c(Br)cc1C(C)(C)C. The molecule has 6 heteroatoms. The molecular formula is C24H31BrN2O3. The van der Waals surface area contributed by atoms with Crippen LogP contribution in [0, 0.1) is 0 Å². The van der Waals surface area contributed by atoms with Crippen molar-refractivity contribution in [1.82, 2.24) is 10.3 Å². The number of aromatic nitrogens is 1. The van der Waals surface area contributed by atoms with Crippen molar-refractivity contribution in [3.8, 4) is 5.75 Å². The molecule has 0 atom stereocenters. The van der Waals surface area contributed by atoms with Crippen molar-refractivity contribution in [2.75, 3.05) is 7.11 Å². The highest BCUT2D eigenvalue weighted by molar-refractivity contribution is 9.10. The molecule has 1 heterocycles. The molecule has 0 aliphatic carbocycles. The zero-order valence-electron chi connectivity index (χ0n) is 18.9. The van der Waals surface area contributed by atoms with Crippen molar-refractivity contribution in [2.24, 2.45) is 0 Å². The second kappa shape index (κ2) is 9.29. The first-order chi connectivity index (χ1) is 13.8. The van der Waals surface area contributed by atoms with E-state index in [0.717, 1.165) is 26.9 Å². The van der Waals surface area contributed by atoms with Crippen LogP contribution in [-0.2, 0) is 23.1 Å². The highest BCUT2D eigenvalue weighted by Crippen LogP contribution is 2.36. The number of rotatable bonds is 6. The maximum absolute atomic E-state index is 12.7. The van der Waals surface area contributed by atoms with Gasteiger partial charge in [-0.05, 0) is 61.6 Å². The van der Waals surface area contributed by atoms with Gasteiger partial charge in [0.2, 0.25) is 0 Å². The average Bonchev–Trinajstić information content (AvgIpc) is 2.61. The van der Waals surface area contributed by atoms with Crippen LogP contribution in [0.2, 0.25) is 0 Å². The molecule has 2 aromatic rings. The van der Waals surface area contributed by atoms with Crippen LogP contribution in [0.3, 0.4) is 0 Å². The molecule has 0 aliphatic heterocycles. The van der Waals surface area contributed by atoms with E-state index in [2.05, 4.69) is 47.0 Å². The number of amides is 1. The van der Waals surface area contributed by atoms with Crippen molar-refractivity contribution in [1.29, 1.82) is 0 Å². The number of nitrogens with one attached hydrogen (secondary N) is 1. The van der Waals surface area contributed by atoms with E-state index in [9.17, 15) is 9.59 Å². The fraction of sp³-hybridized carbons (Fsp3) is 0.458. The number of methoxy groups -OCH3 is 1. The van der Waals surface area contributed by atoms with E-state index >= 15 is 0 Å². The zero-order valence-corrected chi connectivity index (χ0v) is 20.4. The molecule has 0 aliphatic rings. The number of hydrogen-bond acceptors (Lipinski definition) is 4. The lowest BCUT2D eigenvalue weighted by atomic mass is 9.85. The van der Waals surface area contributed by atoms with Crippen LogP contribution in [0.25, 0.3) is 0 Å². The van der Waals surface area contributed by atoms with E-state index in [1.165, 1.54) is 0 Å². The van der Waals surface area contributed by atoms with Gasteiger partial charge in [0, 0.05) is 34.6 Å². The Kier molecular flexibility index (Phi) is 7.45. The second-order valence-corrected chi connectivity index (χ2v) is 10.4. The van der Waals surface area contributed by atoms with Gasteiger partial charge in [0.05, 0.1) is 7.11 Å². The van der Waals surface area contributed by atoms with E-state index < -0.39 is 0 Å². The summed E-state index contributed by atoms with van der Waals surface area (Å²) in [7, 11) is 1.64. The third kappa shape index (κ3) is 6.66. The third-order valence-corrected chi connectivity index (χ3v) is 5.25. The van der Waals surface area contributed by atoms with E-state index in [1.54, 1.807) is 25.4 Å². The minimum atomic E-state index is -0.352. The lowest BCUT2D eigenvalue weighted by Gasteiger charge is -2.23. The molecule has 1 amide bonds. The largest absolute Gasteiger partial charge is 0.496 e. The zero-order chi connectivity index (χ0) is 22.7. The van der Waals surface area contributed by atoms with Gasteiger partial charge in [0.25, 0.3) is 5.91 Å². The molecule has 0 saturated carbocycles. The van der Waals surface area contributed by atoms with Crippen LogP contribution in [0.15, 0.2) is 34.9 Å². The number of nitrogens with zero attached hydrogens (tertiary/aromatic N) is 1. The number of pyridine rings is 1. The fourth-order valence-electron chi connectivity index (χ4n) is 3.10. The fourth-order valence-corrected chi connectivity index (χ4v) is 3.59. The Morgan fingerprint density at radius 2 is 1.73 bits per heavy atom. The number of ether oxygens (including phenoxy) is 1. The molecule has 5 nitrogen and oxygen atoms in total. The predicted molar refractivity (Wildman–Crippen MR) is 123 cm³/mol. The minimum Gasteiger partial charge on any atom is -0.496 e. The first kappa shape index (κ1) is 24.1. The third-order valence-electron chi connectivity index (χ3n) is 4.51. The molecule has 30 heavy (non-hydrogen) atoms. The highest BCUT2D eigenvalue weighted by Gasteiger charge is 2.22. The van der Waals surface area contributed by atoms with E-state index in [0.29, 0.717) is 5.69 Å². The van der Waals surface area contributed by atoms with Crippen LogP contribution in [0.1, 0.15) is 68.7 Å². The molecule has 0 spiro atoms.